The van der Waals surface area contributed by atoms with Crippen molar-refractivity contribution in [3.63, 3.8) is 0 Å². The summed E-state index contributed by atoms with van der Waals surface area (Å²) >= 11 is 0. The Balaban J connectivity index is 1.53. The molecule has 0 aliphatic carbocycles. The van der Waals surface area contributed by atoms with Gasteiger partial charge in [-0.05, 0) is 17.3 Å². The summed E-state index contributed by atoms with van der Waals surface area (Å²) < 4.78 is 0. The molecule has 0 fully saturated rings. The summed E-state index contributed by atoms with van der Waals surface area (Å²) in [6.07, 6.45) is -1.19. The molecule has 24 heavy (non-hydrogen) atoms. The lowest BCUT2D eigenvalue weighted by atomic mass is 10.1. The molecule has 2 heterocycles. The molecule has 0 bridgehead atoms. The number of imide groups is 1. The molecule has 3 amide bonds. The van der Waals surface area contributed by atoms with Crippen LogP contribution in [0.4, 0.5) is 4.79 Å². The topological polar surface area (TPSA) is 140 Å². The highest BCUT2D eigenvalue weighted by Crippen LogP contribution is 2.22. The maximum Gasteiger partial charge on any atom is 0.405 e. The van der Waals surface area contributed by atoms with Crippen molar-refractivity contribution in [2.45, 2.75) is 13.1 Å². The van der Waals surface area contributed by atoms with E-state index in [1.165, 1.54) is 4.80 Å². The minimum absolute atomic E-state index is 0.0341. The summed E-state index contributed by atoms with van der Waals surface area (Å²) in [7, 11) is 0. The number of aromatic nitrogens is 4. The minimum Gasteiger partial charge on any atom is -0.465 e. The molecule has 3 rings (SSSR count). The first kappa shape index (κ1) is 15.6. The van der Waals surface area contributed by atoms with E-state index in [2.05, 4.69) is 20.7 Å². The van der Waals surface area contributed by atoms with Gasteiger partial charge in [-0.15, -0.1) is 15.3 Å². The first-order chi connectivity index (χ1) is 11.6. The van der Waals surface area contributed by atoms with E-state index in [1.807, 2.05) is 0 Å². The van der Waals surface area contributed by atoms with Crippen LogP contribution in [0.3, 0.4) is 0 Å². The molecule has 0 spiro atoms. The number of nitrogens with zero attached hydrogens (tertiary/aromatic N) is 5. The van der Waals surface area contributed by atoms with Crippen LogP contribution in [0.2, 0.25) is 0 Å². The summed E-state index contributed by atoms with van der Waals surface area (Å²) in [6, 6.07) is 6.44. The predicted molar refractivity (Wildman–Crippen MR) is 75.6 cm³/mol. The van der Waals surface area contributed by atoms with Crippen molar-refractivity contribution >= 4 is 17.9 Å². The second-order valence-electron chi connectivity index (χ2n) is 4.74. The average Bonchev–Trinajstić information content (AvgIpc) is 3.12. The molecular weight excluding hydrogens is 320 g/mol. The maximum absolute atomic E-state index is 12.1. The van der Waals surface area contributed by atoms with E-state index in [0.29, 0.717) is 16.2 Å². The number of fused-ring (bicyclic) bond motifs is 1. The van der Waals surface area contributed by atoms with Gasteiger partial charge in [0.05, 0.1) is 30.8 Å². The molecule has 124 valence electrons. The van der Waals surface area contributed by atoms with Crippen LogP contribution in [-0.2, 0) is 17.9 Å². The Morgan fingerprint density at radius 3 is 2.50 bits per heavy atom. The number of benzene rings is 1. The molecule has 2 aromatic rings. The monoisotopic (exact) mass is 332 g/mol. The fraction of sp³-hybridized carbons (Fsp3) is 0.231. The molecule has 0 atom stereocenters. The Hall–Kier alpha value is -3.34. The second-order valence-corrected chi connectivity index (χ2v) is 4.74. The fourth-order valence-electron chi connectivity index (χ4n) is 2.09. The number of nitrogens with one attached hydrogen (secondary N) is 1. The zero-order chi connectivity index (χ0) is 17.1. The first-order valence-electron chi connectivity index (χ1n) is 6.90. The van der Waals surface area contributed by atoms with Crippen LogP contribution in [0.5, 0.6) is 0 Å². The normalized spacial score (nSPS) is 13.2. The van der Waals surface area contributed by atoms with E-state index in [1.54, 1.807) is 24.3 Å². The number of carboxylic acid groups (broad SMARTS) is 1. The van der Waals surface area contributed by atoms with Crippen LogP contribution >= 0.6 is 0 Å². The Bertz CT molecular complexity index is 769. The Morgan fingerprint density at radius 1 is 1.21 bits per heavy atom. The molecule has 1 aromatic heterocycles. The van der Waals surface area contributed by atoms with Crippen LogP contribution in [0, 0.1) is 0 Å². The van der Waals surface area contributed by atoms with Gasteiger partial charge in [0.15, 0.2) is 5.82 Å². The van der Waals surface area contributed by atoms with Crippen molar-refractivity contribution in [2.24, 2.45) is 0 Å². The van der Waals surface area contributed by atoms with Crippen molar-refractivity contribution in [2.75, 3.05) is 6.61 Å². The van der Waals surface area contributed by atoms with Gasteiger partial charge in [0.25, 0.3) is 11.8 Å². The van der Waals surface area contributed by atoms with Crippen LogP contribution in [0.15, 0.2) is 24.3 Å². The highest BCUT2D eigenvalue weighted by molar-refractivity contribution is 6.20. The molecule has 1 aliphatic rings. The van der Waals surface area contributed by atoms with Crippen molar-refractivity contribution in [3.8, 4) is 0 Å². The standard InChI is InChI=1S/C13H12N6O5/c20-11-8-3-1-2-4-9(8)12(21)19(11)24-6-5-18-16-10(15-17-18)7-14-13(22)23/h1-4,14H,5-7H2,(H,22,23). The van der Waals surface area contributed by atoms with Crippen molar-refractivity contribution in [1.82, 2.24) is 30.6 Å². The molecule has 2 N–H and O–H groups in total. The van der Waals surface area contributed by atoms with E-state index in [0.717, 1.165) is 0 Å². The number of tetrazole rings is 1. The van der Waals surface area contributed by atoms with E-state index in [-0.39, 0.29) is 25.5 Å². The van der Waals surface area contributed by atoms with Crippen molar-refractivity contribution < 1.29 is 24.3 Å². The molecule has 11 nitrogen and oxygen atoms in total. The van der Waals surface area contributed by atoms with Crippen LogP contribution in [0.1, 0.15) is 26.5 Å². The molecular formula is C13H12N6O5. The molecule has 0 unspecified atom stereocenters. The summed E-state index contributed by atoms with van der Waals surface area (Å²) in [5, 5.41) is 22.6. The fourth-order valence-corrected chi connectivity index (χ4v) is 2.09. The SMILES string of the molecule is O=C(O)NCc1nnn(CCON2C(=O)c3ccccc3C2=O)n1. The lowest BCUT2D eigenvalue weighted by Gasteiger charge is -2.12. The summed E-state index contributed by atoms with van der Waals surface area (Å²) in [4.78, 5) is 40.9. The number of hydrogen-bond acceptors (Lipinski definition) is 7. The highest BCUT2D eigenvalue weighted by atomic mass is 16.7. The second kappa shape index (κ2) is 6.42. The lowest BCUT2D eigenvalue weighted by molar-refractivity contribution is -0.0948. The summed E-state index contributed by atoms with van der Waals surface area (Å²) in [5.74, 6) is -0.847. The number of hydrogen-bond donors (Lipinski definition) is 2. The van der Waals surface area contributed by atoms with Gasteiger partial charge in [0.2, 0.25) is 0 Å². The third-order valence-corrected chi connectivity index (χ3v) is 3.16. The zero-order valence-electron chi connectivity index (χ0n) is 12.2. The van der Waals surface area contributed by atoms with Gasteiger partial charge in [-0.1, -0.05) is 12.1 Å². The van der Waals surface area contributed by atoms with E-state index < -0.39 is 17.9 Å². The van der Waals surface area contributed by atoms with Gasteiger partial charge in [0, 0.05) is 0 Å². The van der Waals surface area contributed by atoms with Gasteiger partial charge in [0.1, 0.15) is 0 Å². The molecule has 1 aliphatic heterocycles. The van der Waals surface area contributed by atoms with Gasteiger partial charge in [-0.25, -0.2) is 4.79 Å². The molecule has 1 aromatic carbocycles. The number of carbonyl (C=O) groups excluding carboxylic acids is 2. The largest absolute Gasteiger partial charge is 0.465 e. The van der Waals surface area contributed by atoms with Gasteiger partial charge >= 0.3 is 6.09 Å². The molecule has 0 saturated carbocycles. The minimum atomic E-state index is -1.19. The summed E-state index contributed by atoms with van der Waals surface area (Å²) in [6.45, 7) is 0.0235. The van der Waals surface area contributed by atoms with Crippen LogP contribution in [-0.4, -0.2) is 54.9 Å². The number of hydroxylamine groups is 2. The van der Waals surface area contributed by atoms with E-state index in [4.69, 9.17) is 9.94 Å². The molecule has 11 heteroatoms. The highest BCUT2D eigenvalue weighted by Gasteiger charge is 2.36. The Morgan fingerprint density at radius 2 is 1.88 bits per heavy atom. The molecule has 0 radical (unpaired) electrons. The average molecular weight is 332 g/mol. The third kappa shape index (κ3) is 3.05. The number of amides is 3. The maximum atomic E-state index is 12.1. The third-order valence-electron chi connectivity index (χ3n) is 3.16. The van der Waals surface area contributed by atoms with E-state index in [9.17, 15) is 14.4 Å². The quantitative estimate of drug-likeness (QED) is 0.685. The smallest absolute Gasteiger partial charge is 0.405 e. The van der Waals surface area contributed by atoms with Gasteiger partial charge < -0.3 is 10.4 Å². The number of carbonyl (C=O) groups is 3. The van der Waals surface area contributed by atoms with Crippen LogP contribution in [0.25, 0.3) is 0 Å². The van der Waals surface area contributed by atoms with Gasteiger partial charge in [-0.3, -0.25) is 14.4 Å². The zero-order valence-corrected chi connectivity index (χ0v) is 12.2. The van der Waals surface area contributed by atoms with Crippen molar-refractivity contribution in [3.05, 3.63) is 41.2 Å². The molecule has 0 saturated heterocycles. The first-order valence-corrected chi connectivity index (χ1v) is 6.90. The summed E-state index contributed by atoms with van der Waals surface area (Å²) in [5.41, 5.74) is 0.590. The number of rotatable bonds is 6. The van der Waals surface area contributed by atoms with E-state index >= 15 is 0 Å². The van der Waals surface area contributed by atoms with Crippen LogP contribution < -0.4 is 5.32 Å². The Labute approximate surface area is 134 Å². The van der Waals surface area contributed by atoms with Gasteiger partial charge in [-0.2, -0.15) is 4.80 Å². The Kier molecular flexibility index (Phi) is 4.16. The lowest BCUT2D eigenvalue weighted by Crippen LogP contribution is -2.31. The van der Waals surface area contributed by atoms with Crippen molar-refractivity contribution in [1.29, 1.82) is 0 Å². The predicted octanol–water partition coefficient (Wildman–Crippen LogP) is -0.332.